The van der Waals surface area contributed by atoms with Crippen molar-refractivity contribution in [2.75, 3.05) is 27.2 Å². The van der Waals surface area contributed by atoms with Gasteiger partial charge in [0.25, 0.3) is 5.91 Å². The molecule has 1 spiro atoms. The Morgan fingerprint density at radius 2 is 2.00 bits per heavy atom. The molecular formula is C20H24N2O2S. The number of benzene rings is 1. The van der Waals surface area contributed by atoms with Gasteiger partial charge in [0.15, 0.2) is 6.10 Å². The van der Waals surface area contributed by atoms with Crippen LogP contribution in [0, 0.1) is 0 Å². The molecule has 132 valence electrons. The van der Waals surface area contributed by atoms with E-state index in [-0.39, 0.29) is 11.5 Å². The average Bonchev–Trinajstić information content (AvgIpc) is 3.24. The van der Waals surface area contributed by atoms with E-state index in [4.69, 9.17) is 4.74 Å². The second-order valence-electron chi connectivity index (χ2n) is 7.17. The number of ether oxygens (including phenoxy) is 1. The Balaban J connectivity index is 1.54. The van der Waals surface area contributed by atoms with Crippen LogP contribution in [-0.4, -0.2) is 42.9 Å². The number of carbonyl (C=O) groups excluding carboxylic acids is 1. The van der Waals surface area contributed by atoms with Gasteiger partial charge in [0, 0.05) is 38.6 Å². The lowest BCUT2D eigenvalue weighted by Crippen LogP contribution is -2.42. The van der Waals surface area contributed by atoms with E-state index in [0.717, 1.165) is 38.0 Å². The Labute approximate surface area is 153 Å². The maximum Gasteiger partial charge on any atom is 0.255 e. The third kappa shape index (κ3) is 3.01. The molecule has 3 heterocycles. The van der Waals surface area contributed by atoms with E-state index in [0.29, 0.717) is 0 Å². The molecule has 0 radical (unpaired) electrons. The fraction of sp³-hybridized carbons (Fsp3) is 0.450. The van der Waals surface area contributed by atoms with Crippen LogP contribution in [0.1, 0.15) is 34.9 Å². The predicted molar refractivity (Wildman–Crippen MR) is 99.5 cm³/mol. The number of hydrogen-bond donors (Lipinski definition) is 0. The topological polar surface area (TPSA) is 32.8 Å². The zero-order chi connectivity index (χ0) is 17.4. The van der Waals surface area contributed by atoms with Crippen LogP contribution in [0.3, 0.4) is 0 Å². The zero-order valence-electron chi connectivity index (χ0n) is 14.8. The van der Waals surface area contributed by atoms with Gasteiger partial charge in [-0.3, -0.25) is 9.69 Å². The minimum absolute atomic E-state index is 0.0327. The Morgan fingerprint density at radius 1 is 1.24 bits per heavy atom. The number of piperidine rings is 1. The third-order valence-corrected chi connectivity index (χ3v) is 6.23. The first-order valence-corrected chi connectivity index (χ1v) is 9.70. The van der Waals surface area contributed by atoms with Gasteiger partial charge in [-0.25, -0.2) is 0 Å². The van der Waals surface area contributed by atoms with Crippen LogP contribution in [0.25, 0.3) is 0 Å². The van der Waals surface area contributed by atoms with E-state index in [9.17, 15) is 4.79 Å². The highest BCUT2D eigenvalue weighted by atomic mass is 32.1. The third-order valence-electron chi connectivity index (χ3n) is 5.37. The number of fused-ring (bicyclic) bond motifs is 2. The number of likely N-dealkylation sites (tertiary alicyclic amines) is 1. The van der Waals surface area contributed by atoms with Gasteiger partial charge >= 0.3 is 0 Å². The summed E-state index contributed by atoms with van der Waals surface area (Å²) in [5, 5.41) is 2.13. The van der Waals surface area contributed by atoms with Crippen LogP contribution >= 0.6 is 11.3 Å². The number of carbonyl (C=O) groups is 1. The standard InChI is InChI=1S/C20H24N2O2S/c1-21(2)19(23)18-16-7-3-4-8-17(16)20(24-18)9-11-22(12-10-20)14-15-6-5-13-25-15/h3-8,13,18H,9-12,14H2,1-2H3/t18-/m0/s1. The minimum atomic E-state index is -0.463. The van der Waals surface area contributed by atoms with Crippen molar-refractivity contribution >= 4 is 17.2 Å². The monoisotopic (exact) mass is 356 g/mol. The molecule has 1 aromatic carbocycles. The van der Waals surface area contributed by atoms with Gasteiger partial charge in [0.1, 0.15) is 0 Å². The maximum atomic E-state index is 12.6. The normalized spacial score (nSPS) is 22.1. The van der Waals surface area contributed by atoms with Crippen molar-refractivity contribution in [3.63, 3.8) is 0 Å². The quantitative estimate of drug-likeness (QED) is 0.845. The molecule has 0 bridgehead atoms. The number of thiophene rings is 1. The highest BCUT2D eigenvalue weighted by Crippen LogP contribution is 2.49. The van der Waals surface area contributed by atoms with Gasteiger partial charge < -0.3 is 9.64 Å². The highest BCUT2D eigenvalue weighted by Gasteiger charge is 2.48. The first-order valence-electron chi connectivity index (χ1n) is 8.82. The number of likely N-dealkylation sites (N-methyl/N-ethyl adjacent to an activating group) is 1. The van der Waals surface area contributed by atoms with E-state index in [1.165, 1.54) is 10.4 Å². The summed E-state index contributed by atoms with van der Waals surface area (Å²) in [6, 6.07) is 12.6. The van der Waals surface area contributed by atoms with Crippen LogP contribution < -0.4 is 0 Å². The summed E-state index contributed by atoms with van der Waals surface area (Å²) >= 11 is 1.81. The number of rotatable bonds is 3. The van der Waals surface area contributed by atoms with Crippen molar-refractivity contribution in [1.29, 1.82) is 0 Å². The summed E-state index contributed by atoms with van der Waals surface area (Å²) in [6.07, 6.45) is 1.41. The van der Waals surface area contributed by atoms with E-state index in [1.807, 2.05) is 23.5 Å². The van der Waals surface area contributed by atoms with Gasteiger partial charge in [-0.1, -0.05) is 30.3 Å². The molecular weight excluding hydrogens is 332 g/mol. The second-order valence-corrected chi connectivity index (χ2v) is 8.20. The smallest absolute Gasteiger partial charge is 0.255 e. The largest absolute Gasteiger partial charge is 0.352 e. The SMILES string of the molecule is CN(C)C(=O)[C@H]1OC2(CCN(Cc3cccs3)CC2)c2ccccc21. The fourth-order valence-electron chi connectivity index (χ4n) is 3.99. The minimum Gasteiger partial charge on any atom is -0.352 e. The molecule has 1 aromatic heterocycles. The first-order chi connectivity index (χ1) is 12.1. The Morgan fingerprint density at radius 3 is 2.68 bits per heavy atom. The molecule has 2 aliphatic heterocycles. The molecule has 2 aliphatic rings. The number of hydrogen-bond acceptors (Lipinski definition) is 4. The molecule has 5 heteroatoms. The zero-order valence-corrected chi connectivity index (χ0v) is 15.6. The first kappa shape index (κ1) is 16.8. The molecule has 0 saturated carbocycles. The lowest BCUT2D eigenvalue weighted by atomic mass is 9.83. The average molecular weight is 356 g/mol. The van der Waals surface area contributed by atoms with Gasteiger partial charge in [-0.15, -0.1) is 11.3 Å². The van der Waals surface area contributed by atoms with Crippen LogP contribution in [0.15, 0.2) is 41.8 Å². The molecule has 0 N–H and O–H groups in total. The lowest BCUT2D eigenvalue weighted by Gasteiger charge is -2.39. The Hall–Kier alpha value is -1.69. The molecule has 1 atom stereocenters. The highest BCUT2D eigenvalue weighted by molar-refractivity contribution is 7.09. The molecule has 1 saturated heterocycles. The van der Waals surface area contributed by atoms with E-state index in [1.54, 1.807) is 19.0 Å². The number of nitrogens with zero attached hydrogens (tertiary/aromatic N) is 2. The summed E-state index contributed by atoms with van der Waals surface area (Å²) in [4.78, 5) is 18.1. The van der Waals surface area contributed by atoms with Gasteiger partial charge in [0.05, 0.1) is 5.60 Å². The van der Waals surface area contributed by atoms with Gasteiger partial charge in [-0.05, 0) is 35.4 Å². The van der Waals surface area contributed by atoms with Crippen LogP contribution in [0.4, 0.5) is 0 Å². The fourth-order valence-corrected chi connectivity index (χ4v) is 4.74. The van der Waals surface area contributed by atoms with Crippen molar-refractivity contribution in [2.24, 2.45) is 0 Å². The summed E-state index contributed by atoms with van der Waals surface area (Å²) in [5.41, 5.74) is 1.96. The maximum absolute atomic E-state index is 12.6. The predicted octanol–water partition coefficient (Wildman–Crippen LogP) is 3.40. The molecule has 25 heavy (non-hydrogen) atoms. The van der Waals surface area contributed by atoms with Crippen molar-refractivity contribution in [3.8, 4) is 0 Å². The number of amides is 1. The van der Waals surface area contributed by atoms with Crippen molar-refractivity contribution < 1.29 is 9.53 Å². The summed E-state index contributed by atoms with van der Waals surface area (Å²) in [7, 11) is 3.59. The lowest BCUT2D eigenvalue weighted by molar-refractivity contribution is -0.158. The van der Waals surface area contributed by atoms with Gasteiger partial charge in [-0.2, -0.15) is 0 Å². The van der Waals surface area contributed by atoms with E-state index < -0.39 is 6.10 Å². The van der Waals surface area contributed by atoms with Gasteiger partial charge in [0.2, 0.25) is 0 Å². The molecule has 4 nitrogen and oxygen atoms in total. The van der Waals surface area contributed by atoms with Crippen LogP contribution in [-0.2, 0) is 21.7 Å². The Kier molecular flexibility index (Phi) is 4.40. The summed E-state index contributed by atoms with van der Waals surface area (Å²) in [6.45, 7) is 3.00. The molecule has 2 aromatic rings. The molecule has 4 rings (SSSR count). The molecule has 0 unspecified atom stereocenters. The van der Waals surface area contributed by atoms with Crippen molar-refractivity contribution in [1.82, 2.24) is 9.80 Å². The molecule has 1 amide bonds. The van der Waals surface area contributed by atoms with Crippen molar-refractivity contribution in [3.05, 3.63) is 57.8 Å². The van der Waals surface area contributed by atoms with Crippen LogP contribution in [0.2, 0.25) is 0 Å². The second kappa shape index (κ2) is 6.56. The molecule has 0 aliphatic carbocycles. The van der Waals surface area contributed by atoms with Crippen molar-refractivity contribution in [2.45, 2.75) is 31.1 Å². The van der Waals surface area contributed by atoms with E-state index >= 15 is 0 Å². The van der Waals surface area contributed by atoms with Crippen LogP contribution in [0.5, 0.6) is 0 Å². The summed E-state index contributed by atoms with van der Waals surface area (Å²) < 4.78 is 6.45. The summed E-state index contributed by atoms with van der Waals surface area (Å²) in [5.74, 6) is 0.0327. The Bertz CT molecular complexity index is 749. The van der Waals surface area contributed by atoms with E-state index in [2.05, 4.69) is 34.5 Å². The molecule has 1 fully saturated rings.